The molecular weight excluding hydrogens is 544 g/mol. The van der Waals surface area contributed by atoms with Gasteiger partial charge < -0.3 is 29.8 Å². The number of aryl methyl sites for hydroxylation is 1. The number of hydrogen-bond acceptors (Lipinski definition) is 7. The summed E-state index contributed by atoms with van der Waals surface area (Å²) in [5, 5.41) is 13.2. The number of carboxylic acid groups (broad SMARTS) is 1. The number of nitrogens with one attached hydrogen (secondary N) is 2. The molecule has 5 aromatic rings. The number of carbonyl (C=O) groups is 1. The van der Waals surface area contributed by atoms with Crippen LogP contribution in [0.15, 0.2) is 35.5 Å². The number of likely N-dealkylation sites (N-methyl/N-ethyl adjacent to an activating group) is 1. The van der Waals surface area contributed by atoms with Gasteiger partial charge in [-0.1, -0.05) is 0 Å². The van der Waals surface area contributed by atoms with E-state index >= 15 is 4.39 Å². The van der Waals surface area contributed by atoms with Crippen molar-refractivity contribution in [1.29, 1.82) is 0 Å². The second kappa shape index (κ2) is 9.48. The van der Waals surface area contributed by atoms with E-state index in [0.29, 0.717) is 69.7 Å². The van der Waals surface area contributed by atoms with Crippen LogP contribution in [0.2, 0.25) is 0 Å². The van der Waals surface area contributed by atoms with Crippen LogP contribution in [0.25, 0.3) is 44.1 Å². The van der Waals surface area contributed by atoms with Crippen molar-refractivity contribution in [3.8, 4) is 11.1 Å². The number of aromatic amines is 1. The van der Waals surface area contributed by atoms with Crippen LogP contribution in [0.1, 0.15) is 23.2 Å². The van der Waals surface area contributed by atoms with E-state index in [1.807, 2.05) is 0 Å². The highest BCUT2D eigenvalue weighted by Gasteiger charge is 2.38. The zero-order valence-corrected chi connectivity index (χ0v) is 23.3. The summed E-state index contributed by atoms with van der Waals surface area (Å²) in [6, 6.07) is 3.04. The molecule has 2 aliphatic rings. The molecule has 1 unspecified atom stereocenters. The van der Waals surface area contributed by atoms with Gasteiger partial charge in [0.05, 0.1) is 33.1 Å². The number of likely N-dealkylation sites (tertiary alicyclic amines) is 1. The Hall–Kier alpha value is -4.58. The fraction of sp³-hybridized carbons (Fsp3) is 0.333. The number of nitrogens with zero attached hydrogens (tertiary/aromatic N) is 5. The Kier molecular flexibility index (Phi) is 5.94. The minimum absolute atomic E-state index is 0.0958. The lowest BCUT2D eigenvalue weighted by Crippen LogP contribution is -2.47. The topological polar surface area (TPSA) is 119 Å². The van der Waals surface area contributed by atoms with Gasteiger partial charge in [0, 0.05) is 69.0 Å². The summed E-state index contributed by atoms with van der Waals surface area (Å²) >= 11 is 0. The molecule has 10 nitrogen and oxygen atoms in total. The zero-order chi connectivity index (χ0) is 29.4. The van der Waals surface area contributed by atoms with Gasteiger partial charge in [-0.15, -0.1) is 0 Å². The van der Waals surface area contributed by atoms with Crippen molar-refractivity contribution in [3.05, 3.63) is 58.1 Å². The number of fused-ring (bicyclic) bond motifs is 5. The first kappa shape index (κ1) is 26.3. The number of aromatic carboxylic acids is 1. The van der Waals surface area contributed by atoms with E-state index in [-0.39, 0.29) is 16.3 Å². The summed E-state index contributed by atoms with van der Waals surface area (Å²) in [5.41, 5.74) is 2.32. The van der Waals surface area contributed by atoms with Gasteiger partial charge in [-0.05, 0) is 38.4 Å². The minimum atomic E-state index is -1.33. The van der Waals surface area contributed by atoms with Gasteiger partial charge in [0.1, 0.15) is 16.9 Å². The van der Waals surface area contributed by atoms with E-state index in [4.69, 9.17) is 0 Å². The highest BCUT2D eigenvalue weighted by atomic mass is 19.2. The van der Waals surface area contributed by atoms with E-state index in [2.05, 4.69) is 37.1 Å². The Labute approximate surface area is 238 Å². The predicted octanol–water partition coefficient (Wildman–Crippen LogP) is 4.18. The standard InChI is InChI=1S/C30H29F2N7O3/c1-33-20-9-19(31)24(32)22-23-26(39-7-5-14-4-6-37(2)21(14)13-39)17(11-34-28(23)36-25(20)22)15-8-16-27(40)18(30(41)42)12-38(3)29(16)35-10-15/h8-12,14,21,33H,4-7,13H2,1-3H3,(H,34,36)(H,41,42)/t14?,21-/m0/s1. The minimum Gasteiger partial charge on any atom is -0.477 e. The first-order valence-corrected chi connectivity index (χ1v) is 13.9. The van der Waals surface area contributed by atoms with Crippen LogP contribution in [0.3, 0.4) is 0 Å². The van der Waals surface area contributed by atoms with Crippen LogP contribution in [-0.2, 0) is 7.05 Å². The Morgan fingerprint density at radius 1 is 1.12 bits per heavy atom. The predicted molar refractivity (Wildman–Crippen MR) is 157 cm³/mol. The third-order valence-electron chi connectivity index (χ3n) is 9.04. The monoisotopic (exact) mass is 573 g/mol. The van der Waals surface area contributed by atoms with Crippen LogP contribution in [-0.4, -0.2) is 75.3 Å². The Morgan fingerprint density at radius 2 is 1.90 bits per heavy atom. The van der Waals surface area contributed by atoms with Gasteiger partial charge in [-0.25, -0.2) is 23.5 Å². The number of hydrogen-bond donors (Lipinski definition) is 3. The van der Waals surface area contributed by atoms with Crippen LogP contribution >= 0.6 is 0 Å². The molecule has 2 fully saturated rings. The molecule has 7 rings (SSSR count). The molecule has 0 saturated carbocycles. The molecule has 12 heteroatoms. The molecule has 0 bridgehead atoms. The van der Waals surface area contributed by atoms with E-state index in [0.717, 1.165) is 25.5 Å². The summed E-state index contributed by atoms with van der Waals surface area (Å²) in [5.74, 6) is -2.72. The number of anilines is 2. The average Bonchev–Trinajstić information content (AvgIpc) is 3.56. The van der Waals surface area contributed by atoms with Crippen molar-refractivity contribution in [1.82, 2.24) is 24.4 Å². The third-order valence-corrected chi connectivity index (χ3v) is 9.04. The van der Waals surface area contributed by atoms with Crippen molar-refractivity contribution in [2.24, 2.45) is 13.0 Å². The Bertz CT molecular complexity index is 2000. The number of H-pyrrole nitrogens is 1. The summed E-state index contributed by atoms with van der Waals surface area (Å²) in [6.07, 6.45) is 6.57. The summed E-state index contributed by atoms with van der Waals surface area (Å²) in [7, 11) is 5.38. The van der Waals surface area contributed by atoms with E-state index < -0.39 is 23.0 Å². The highest BCUT2D eigenvalue weighted by Crippen LogP contribution is 2.45. The van der Waals surface area contributed by atoms with Gasteiger partial charge >= 0.3 is 5.97 Å². The van der Waals surface area contributed by atoms with E-state index in [9.17, 15) is 19.1 Å². The van der Waals surface area contributed by atoms with Crippen molar-refractivity contribution >= 4 is 50.3 Å². The van der Waals surface area contributed by atoms with Crippen molar-refractivity contribution in [2.45, 2.75) is 18.9 Å². The lowest BCUT2D eigenvalue weighted by Gasteiger charge is -2.39. The molecule has 2 saturated heterocycles. The largest absolute Gasteiger partial charge is 0.477 e. The van der Waals surface area contributed by atoms with Crippen LogP contribution in [0, 0.1) is 17.6 Å². The molecule has 1 aromatic carbocycles. The third kappa shape index (κ3) is 3.78. The summed E-state index contributed by atoms with van der Waals surface area (Å²) in [4.78, 5) is 41.9. The molecule has 0 amide bonds. The molecule has 4 aromatic heterocycles. The maximum atomic E-state index is 15.7. The molecule has 2 atom stereocenters. The number of piperidine rings is 1. The van der Waals surface area contributed by atoms with E-state index in [1.54, 1.807) is 32.6 Å². The van der Waals surface area contributed by atoms with Gasteiger partial charge in [0.2, 0.25) is 5.43 Å². The molecular formula is C30H29F2N7O3. The first-order chi connectivity index (χ1) is 20.2. The smallest absolute Gasteiger partial charge is 0.341 e. The molecule has 6 heterocycles. The number of halogens is 2. The van der Waals surface area contributed by atoms with Gasteiger partial charge in [0.25, 0.3) is 0 Å². The lowest BCUT2D eigenvalue weighted by atomic mass is 9.90. The fourth-order valence-electron chi connectivity index (χ4n) is 6.90. The molecule has 3 N–H and O–H groups in total. The second-order valence-electron chi connectivity index (χ2n) is 11.3. The molecule has 0 radical (unpaired) electrons. The molecule has 2 aliphatic heterocycles. The number of benzene rings is 1. The number of aromatic nitrogens is 4. The number of pyridine rings is 3. The highest BCUT2D eigenvalue weighted by molar-refractivity contribution is 6.18. The average molecular weight is 574 g/mol. The van der Waals surface area contributed by atoms with Crippen LogP contribution in [0.4, 0.5) is 20.2 Å². The number of carboxylic acids is 1. The summed E-state index contributed by atoms with van der Waals surface area (Å²) < 4.78 is 32.1. The SMILES string of the molecule is CNc1cc(F)c(F)c2c1[nH]c1ncc(-c3cnc4c(c3)c(=O)c(C(=O)O)cn4C)c(N3CCC4CCN(C)[C@H]4C3)c12. The second-order valence-corrected chi connectivity index (χ2v) is 11.3. The molecule has 0 spiro atoms. The van der Waals surface area contributed by atoms with Crippen molar-refractivity contribution in [3.63, 3.8) is 0 Å². The Morgan fingerprint density at radius 3 is 2.67 bits per heavy atom. The van der Waals surface area contributed by atoms with Crippen LogP contribution in [0.5, 0.6) is 0 Å². The number of rotatable bonds is 4. The summed E-state index contributed by atoms with van der Waals surface area (Å²) in [6.45, 7) is 2.39. The molecule has 42 heavy (non-hydrogen) atoms. The van der Waals surface area contributed by atoms with Gasteiger partial charge in [0.15, 0.2) is 11.6 Å². The zero-order valence-electron chi connectivity index (χ0n) is 23.3. The maximum absolute atomic E-state index is 15.7. The van der Waals surface area contributed by atoms with Crippen molar-refractivity contribution < 1.29 is 18.7 Å². The van der Waals surface area contributed by atoms with Gasteiger partial charge in [-0.2, -0.15) is 0 Å². The van der Waals surface area contributed by atoms with E-state index in [1.165, 1.54) is 10.8 Å². The fourth-order valence-corrected chi connectivity index (χ4v) is 6.90. The Balaban J connectivity index is 1.54. The normalized spacial score (nSPS) is 19.2. The molecule has 0 aliphatic carbocycles. The molecule has 216 valence electrons. The van der Waals surface area contributed by atoms with Crippen molar-refractivity contribution in [2.75, 3.05) is 43.9 Å². The quantitative estimate of drug-likeness (QED) is 0.293. The lowest BCUT2D eigenvalue weighted by molar-refractivity contribution is 0.0695. The first-order valence-electron chi connectivity index (χ1n) is 13.9. The van der Waals surface area contributed by atoms with Crippen LogP contribution < -0.4 is 15.6 Å². The van der Waals surface area contributed by atoms with Gasteiger partial charge in [-0.3, -0.25) is 4.79 Å². The maximum Gasteiger partial charge on any atom is 0.341 e.